The molecule has 0 aromatic heterocycles. The molecule has 0 unspecified atom stereocenters. The van der Waals surface area contributed by atoms with Gasteiger partial charge in [0.2, 0.25) is 11.8 Å². The molecule has 2 N–H and O–H groups in total. The Balaban J connectivity index is 2.03. The topological polar surface area (TPSA) is 58.2 Å². The molecule has 120 valence electrons. The van der Waals surface area contributed by atoms with Crippen LogP contribution in [-0.2, 0) is 9.59 Å². The summed E-state index contributed by atoms with van der Waals surface area (Å²) in [5.74, 6) is -0.291. The number of anilines is 1. The first-order chi connectivity index (χ1) is 11.1. The van der Waals surface area contributed by atoms with E-state index in [0.717, 1.165) is 16.1 Å². The number of amides is 2. The predicted molar refractivity (Wildman–Crippen MR) is 94.5 cm³/mol. The molecule has 5 heteroatoms. The summed E-state index contributed by atoms with van der Waals surface area (Å²) < 4.78 is 0. The van der Waals surface area contributed by atoms with Crippen molar-refractivity contribution in [3.05, 3.63) is 60.2 Å². The van der Waals surface area contributed by atoms with Crippen LogP contribution in [0.25, 0.3) is 0 Å². The average molecular weight is 328 g/mol. The van der Waals surface area contributed by atoms with Gasteiger partial charge in [0.05, 0.1) is 12.5 Å². The van der Waals surface area contributed by atoms with E-state index in [0.29, 0.717) is 0 Å². The molecule has 0 radical (unpaired) electrons. The molecule has 23 heavy (non-hydrogen) atoms. The summed E-state index contributed by atoms with van der Waals surface area (Å²) in [5.41, 5.74) is 1.66. The van der Waals surface area contributed by atoms with E-state index in [1.807, 2.05) is 60.9 Å². The van der Waals surface area contributed by atoms with Crippen molar-refractivity contribution in [3.63, 3.8) is 0 Å². The van der Waals surface area contributed by atoms with Gasteiger partial charge in [-0.25, -0.2) is 0 Å². The van der Waals surface area contributed by atoms with E-state index < -0.39 is 0 Å². The van der Waals surface area contributed by atoms with Gasteiger partial charge in [-0.3, -0.25) is 9.59 Å². The number of nitrogens with one attached hydrogen (secondary N) is 2. The first kappa shape index (κ1) is 17.1. The maximum atomic E-state index is 12.3. The summed E-state index contributed by atoms with van der Waals surface area (Å²) in [7, 11) is 0. The Morgan fingerprint density at radius 3 is 2.26 bits per heavy atom. The normalized spacial score (nSPS) is 11.6. The van der Waals surface area contributed by atoms with Crippen LogP contribution in [0.2, 0.25) is 0 Å². The Labute approximate surface area is 140 Å². The molecule has 4 nitrogen and oxygen atoms in total. The molecule has 0 heterocycles. The van der Waals surface area contributed by atoms with Crippen LogP contribution in [-0.4, -0.2) is 18.1 Å². The summed E-state index contributed by atoms with van der Waals surface area (Å²) in [5, 5.41) is 5.70. The Hall–Kier alpha value is -2.27. The Morgan fingerprint density at radius 2 is 1.70 bits per heavy atom. The van der Waals surface area contributed by atoms with E-state index in [1.165, 1.54) is 6.92 Å². The first-order valence-corrected chi connectivity index (χ1v) is 8.57. The minimum atomic E-state index is -0.334. The maximum Gasteiger partial charge on any atom is 0.226 e. The Kier molecular flexibility index (Phi) is 6.23. The standard InChI is InChI=1S/C18H20N2O2S/c1-13(21)19-17(14-6-4-3-5-7-14)12-18(22)20-15-8-10-16(23-2)11-9-15/h3-11,17H,12H2,1-2H3,(H,19,21)(H,20,22)/t17-/m1/s1. The highest BCUT2D eigenvalue weighted by Crippen LogP contribution is 2.20. The van der Waals surface area contributed by atoms with Gasteiger partial charge in [-0.05, 0) is 36.1 Å². The number of hydrogen-bond donors (Lipinski definition) is 2. The monoisotopic (exact) mass is 328 g/mol. The largest absolute Gasteiger partial charge is 0.349 e. The second-order valence-corrected chi connectivity index (χ2v) is 6.02. The molecule has 0 aliphatic heterocycles. The maximum absolute atomic E-state index is 12.3. The molecule has 0 bridgehead atoms. The van der Waals surface area contributed by atoms with Gasteiger partial charge in [-0.2, -0.15) is 0 Å². The highest BCUT2D eigenvalue weighted by Gasteiger charge is 2.17. The van der Waals surface area contributed by atoms with Crippen LogP contribution in [0.5, 0.6) is 0 Å². The third-order valence-corrected chi connectivity index (χ3v) is 4.09. The highest BCUT2D eigenvalue weighted by molar-refractivity contribution is 7.98. The number of thioether (sulfide) groups is 1. The zero-order chi connectivity index (χ0) is 16.7. The number of hydrogen-bond acceptors (Lipinski definition) is 3. The lowest BCUT2D eigenvalue weighted by Gasteiger charge is -2.18. The van der Waals surface area contributed by atoms with E-state index in [4.69, 9.17) is 0 Å². The number of rotatable bonds is 6. The highest BCUT2D eigenvalue weighted by atomic mass is 32.2. The molecule has 0 fully saturated rings. The quantitative estimate of drug-likeness (QED) is 0.796. The molecule has 0 spiro atoms. The van der Waals surface area contributed by atoms with Crippen LogP contribution < -0.4 is 10.6 Å². The average Bonchev–Trinajstić information content (AvgIpc) is 2.55. The molecule has 2 amide bonds. The van der Waals surface area contributed by atoms with E-state index in [2.05, 4.69) is 10.6 Å². The van der Waals surface area contributed by atoms with Crippen molar-refractivity contribution in [1.82, 2.24) is 5.32 Å². The van der Waals surface area contributed by atoms with Crippen LogP contribution in [0.15, 0.2) is 59.5 Å². The molecule has 2 aromatic carbocycles. The fraction of sp³-hybridized carbons (Fsp3) is 0.222. The van der Waals surface area contributed by atoms with Crippen LogP contribution in [0.1, 0.15) is 24.9 Å². The van der Waals surface area contributed by atoms with Gasteiger partial charge >= 0.3 is 0 Å². The predicted octanol–water partition coefficient (Wildman–Crippen LogP) is 3.61. The second-order valence-electron chi connectivity index (χ2n) is 5.14. The summed E-state index contributed by atoms with van der Waals surface area (Å²) in [6, 6.07) is 16.8. The molecular weight excluding hydrogens is 308 g/mol. The van der Waals surface area contributed by atoms with Crippen LogP contribution in [0, 0.1) is 0 Å². The Morgan fingerprint density at radius 1 is 1.04 bits per heavy atom. The minimum absolute atomic E-state index is 0.135. The number of benzene rings is 2. The van der Waals surface area contributed by atoms with Crippen molar-refractivity contribution in [2.45, 2.75) is 24.3 Å². The molecule has 0 aliphatic carbocycles. The Bertz CT molecular complexity index is 656. The molecule has 0 saturated heterocycles. The molecule has 2 rings (SSSR count). The third kappa shape index (κ3) is 5.45. The molecular formula is C18H20N2O2S. The van der Waals surface area contributed by atoms with Gasteiger partial charge in [0, 0.05) is 17.5 Å². The molecule has 0 saturated carbocycles. The smallest absolute Gasteiger partial charge is 0.226 e. The van der Waals surface area contributed by atoms with Crippen molar-refractivity contribution < 1.29 is 9.59 Å². The SMILES string of the molecule is CSc1ccc(NC(=O)C[C@@H](NC(C)=O)c2ccccc2)cc1. The van der Waals surface area contributed by atoms with Crippen molar-refractivity contribution in [2.75, 3.05) is 11.6 Å². The summed E-state index contributed by atoms with van der Waals surface area (Å²) in [6.07, 6.45) is 2.19. The lowest BCUT2D eigenvalue weighted by atomic mass is 10.0. The van der Waals surface area contributed by atoms with Crippen molar-refractivity contribution in [1.29, 1.82) is 0 Å². The zero-order valence-corrected chi connectivity index (χ0v) is 14.0. The van der Waals surface area contributed by atoms with Gasteiger partial charge in [-0.15, -0.1) is 11.8 Å². The fourth-order valence-electron chi connectivity index (χ4n) is 2.25. The van der Waals surface area contributed by atoms with Crippen molar-refractivity contribution >= 4 is 29.3 Å². The number of carbonyl (C=O) groups excluding carboxylic acids is 2. The van der Waals surface area contributed by atoms with Gasteiger partial charge in [-0.1, -0.05) is 30.3 Å². The summed E-state index contributed by atoms with van der Waals surface area (Å²) in [6.45, 7) is 1.45. The lowest BCUT2D eigenvalue weighted by Crippen LogP contribution is -2.29. The van der Waals surface area contributed by atoms with E-state index in [-0.39, 0.29) is 24.3 Å². The second kappa shape index (κ2) is 8.39. The van der Waals surface area contributed by atoms with E-state index >= 15 is 0 Å². The minimum Gasteiger partial charge on any atom is -0.349 e. The lowest BCUT2D eigenvalue weighted by molar-refractivity contribution is -0.120. The fourth-order valence-corrected chi connectivity index (χ4v) is 2.66. The van der Waals surface area contributed by atoms with Gasteiger partial charge in [0.25, 0.3) is 0 Å². The molecule has 0 aliphatic rings. The van der Waals surface area contributed by atoms with Crippen LogP contribution in [0.3, 0.4) is 0 Å². The van der Waals surface area contributed by atoms with Crippen LogP contribution in [0.4, 0.5) is 5.69 Å². The number of carbonyl (C=O) groups is 2. The van der Waals surface area contributed by atoms with Gasteiger partial charge < -0.3 is 10.6 Å². The van der Waals surface area contributed by atoms with Gasteiger partial charge in [0.1, 0.15) is 0 Å². The zero-order valence-electron chi connectivity index (χ0n) is 13.2. The van der Waals surface area contributed by atoms with Crippen LogP contribution >= 0.6 is 11.8 Å². The third-order valence-electron chi connectivity index (χ3n) is 3.34. The van der Waals surface area contributed by atoms with Crippen molar-refractivity contribution in [3.8, 4) is 0 Å². The first-order valence-electron chi connectivity index (χ1n) is 7.34. The molecule has 1 atom stereocenters. The van der Waals surface area contributed by atoms with Gasteiger partial charge in [0.15, 0.2) is 0 Å². The van der Waals surface area contributed by atoms with E-state index in [1.54, 1.807) is 11.8 Å². The van der Waals surface area contributed by atoms with E-state index in [9.17, 15) is 9.59 Å². The summed E-state index contributed by atoms with van der Waals surface area (Å²) >= 11 is 1.65. The van der Waals surface area contributed by atoms with Crippen molar-refractivity contribution in [2.24, 2.45) is 0 Å². The summed E-state index contributed by atoms with van der Waals surface area (Å²) in [4.78, 5) is 24.8. The molecule has 2 aromatic rings.